The minimum atomic E-state index is -3.78. The van der Waals surface area contributed by atoms with E-state index in [-0.39, 0.29) is 18.8 Å². The molecule has 2 aromatic carbocycles. The summed E-state index contributed by atoms with van der Waals surface area (Å²) in [7, 11) is -2.37. The summed E-state index contributed by atoms with van der Waals surface area (Å²) < 4.78 is 36.5. The number of halogens is 1. The molecule has 0 saturated carbocycles. The molecular weight excluding hydrogens is 404 g/mol. The molecule has 28 heavy (non-hydrogen) atoms. The van der Waals surface area contributed by atoms with E-state index in [0.29, 0.717) is 16.5 Å². The second-order valence-corrected chi connectivity index (χ2v) is 8.30. The van der Waals surface area contributed by atoms with Crippen molar-refractivity contribution in [2.75, 3.05) is 30.8 Å². The van der Waals surface area contributed by atoms with Crippen LogP contribution in [0.3, 0.4) is 0 Å². The lowest BCUT2D eigenvalue weighted by Gasteiger charge is -2.29. The first-order valence-electron chi connectivity index (χ1n) is 8.52. The van der Waals surface area contributed by atoms with Gasteiger partial charge in [-0.15, -0.1) is 0 Å². The fourth-order valence-electron chi connectivity index (χ4n) is 2.62. The van der Waals surface area contributed by atoms with Crippen LogP contribution in [-0.2, 0) is 14.8 Å². The van der Waals surface area contributed by atoms with Gasteiger partial charge in [-0.3, -0.25) is 9.10 Å². The van der Waals surface area contributed by atoms with Crippen LogP contribution >= 0.6 is 11.6 Å². The number of hydrogen-bond donors (Lipinski definition) is 1. The van der Waals surface area contributed by atoms with Crippen LogP contribution in [0.5, 0.6) is 11.5 Å². The van der Waals surface area contributed by atoms with Gasteiger partial charge in [-0.2, -0.15) is 0 Å². The van der Waals surface area contributed by atoms with Crippen molar-refractivity contribution in [2.24, 2.45) is 0 Å². The average Bonchev–Trinajstić information content (AvgIpc) is 2.65. The lowest BCUT2D eigenvalue weighted by Crippen LogP contribution is -2.48. The van der Waals surface area contributed by atoms with Gasteiger partial charge in [-0.05, 0) is 37.3 Å². The maximum Gasteiger partial charge on any atom is 0.243 e. The molecule has 0 fully saturated rings. The minimum Gasteiger partial charge on any atom is -0.495 e. The van der Waals surface area contributed by atoms with Crippen LogP contribution in [0.4, 0.5) is 5.69 Å². The van der Waals surface area contributed by atoms with Gasteiger partial charge in [0.2, 0.25) is 15.9 Å². The predicted molar refractivity (Wildman–Crippen MR) is 110 cm³/mol. The summed E-state index contributed by atoms with van der Waals surface area (Å²) in [6.07, 6.45) is 1.02. The van der Waals surface area contributed by atoms with Gasteiger partial charge >= 0.3 is 0 Å². The van der Waals surface area contributed by atoms with Crippen LogP contribution in [0, 0.1) is 0 Å². The Morgan fingerprint density at radius 1 is 1.21 bits per heavy atom. The molecule has 0 aliphatic heterocycles. The lowest BCUT2D eigenvalue weighted by molar-refractivity contribution is -0.121. The fraction of sp³-hybridized carbons (Fsp3) is 0.316. The highest BCUT2D eigenvalue weighted by Gasteiger charge is 2.31. The zero-order chi connectivity index (χ0) is 20.7. The van der Waals surface area contributed by atoms with Crippen LogP contribution in [-0.4, -0.2) is 46.9 Å². The van der Waals surface area contributed by atoms with Crippen molar-refractivity contribution < 1.29 is 22.7 Å². The first-order chi connectivity index (χ1) is 13.2. The Morgan fingerprint density at radius 2 is 1.89 bits per heavy atom. The average molecular weight is 427 g/mol. The number of sulfonamides is 1. The van der Waals surface area contributed by atoms with Crippen LogP contribution in [0.2, 0.25) is 5.02 Å². The predicted octanol–water partition coefficient (Wildman–Crippen LogP) is 2.70. The highest BCUT2D eigenvalue weighted by Crippen LogP contribution is 2.34. The Bertz CT molecular complexity index is 906. The quantitative estimate of drug-likeness (QED) is 0.623. The number of nitrogens with one attached hydrogen (secondary N) is 1. The number of carbonyl (C=O) groups is 1. The Hall–Kier alpha value is -2.45. The number of para-hydroxylation sites is 1. The number of methoxy groups -OCH3 is 1. The molecule has 0 spiro atoms. The Morgan fingerprint density at radius 3 is 2.50 bits per heavy atom. The van der Waals surface area contributed by atoms with Gasteiger partial charge in [0.1, 0.15) is 24.1 Å². The molecule has 0 unspecified atom stereocenters. The van der Waals surface area contributed by atoms with Crippen LogP contribution in [0.25, 0.3) is 0 Å². The molecule has 152 valence electrons. The second kappa shape index (κ2) is 9.66. The molecular formula is C19H23ClN2O5S. The highest BCUT2D eigenvalue weighted by atomic mass is 35.5. The molecule has 2 aromatic rings. The zero-order valence-corrected chi connectivity index (χ0v) is 17.5. The monoisotopic (exact) mass is 426 g/mol. The first-order valence-corrected chi connectivity index (χ1v) is 10.7. The highest BCUT2D eigenvalue weighted by molar-refractivity contribution is 7.92. The second-order valence-electron chi connectivity index (χ2n) is 6.00. The number of nitrogens with zero attached hydrogens (tertiary/aromatic N) is 1. The summed E-state index contributed by atoms with van der Waals surface area (Å²) >= 11 is 6.02. The van der Waals surface area contributed by atoms with Crippen molar-refractivity contribution in [1.29, 1.82) is 0 Å². The molecule has 0 bridgehead atoms. The standard InChI is InChI=1S/C19H23ClN2O5S/c1-14(19(23)21-11-12-27-16-7-5-4-6-8-16)22(28(3,24)25)17-13-15(20)9-10-18(17)26-2/h4-10,13-14H,11-12H2,1-3H3,(H,21,23)/t14-/m1/s1. The minimum absolute atomic E-state index is 0.195. The Labute approximate surface area is 170 Å². The summed E-state index contributed by atoms with van der Waals surface area (Å²) in [5, 5.41) is 3.01. The lowest BCUT2D eigenvalue weighted by atomic mass is 10.2. The summed E-state index contributed by atoms with van der Waals surface area (Å²) in [5.41, 5.74) is 0.195. The Balaban J connectivity index is 2.09. The van der Waals surface area contributed by atoms with Crippen molar-refractivity contribution in [3.63, 3.8) is 0 Å². The van der Waals surface area contributed by atoms with Gasteiger partial charge < -0.3 is 14.8 Å². The summed E-state index contributed by atoms with van der Waals surface area (Å²) in [4.78, 5) is 12.6. The van der Waals surface area contributed by atoms with Crippen LogP contribution < -0.4 is 19.1 Å². The molecule has 0 aromatic heterocycles. The van der Waals surface area contributed by atoms with Crippen molar-refractivity contribution >= 4 is 33.2 Å². The van der Waals surface area contributed by atoms with E-state index < -0.39 is 22.0 Å². The van der Waals surface area contributed by atoms with E-state index in [0.717, 1.165) is 10.6 Å². The number of carbonyl (C=O) groups excluding carboxylic acids is 1. The topological polar surface area (TPSA) is 84.9 Å². The smallest absolute Gasteiger partial charge is 0.243 e. The molecule has 0 aliphatic carbocycles. The van der Waals surface area contributed by atoms with E-state index in [2.05, 4.69) is 5.32 Å². The molecule has 1 amide bonds. The van der Waals surface area contributed by atoms with Gasteiger partial charge in [0.15, 0.2) is 0 Å². The largest absolute Gasteiger partial charge is 0.495 e. The number of anilines is 1. The molecule has 0 heterocycles. The maximum absolute atomic E-state index is 12.6. The SMILES string of the molecule is COc1ccc(Cl)cc1N([C@H](C)C(=O)NCCOc1ccccc1)S(C)(=O)=O. The summed E-state index contributed by atoms with van der Waals surface area (Å²) in [6.45, 7) is 1.97. The third-order valence-electron chi connectivity index (χ3n) is 3.88. The number of ether oxygens (including phenoxy) is 2. The third-order valence-corrected chi connectivity index (χ3v) is 5.34. The maximum atomic E-state index is 12.6. The van der Waals surface area contributed by atoms with E-state index in [9.17, 15) is 13.2 Å². The zero-order valence-electron chi connectivity index (χ0n) is 15.9. The van der Waals surface area contributed by atoms with Gasteiger partial charge in [0, 0.05) is 5.02 Å². The van der Waals surface area contributed by atoms with Crippen LogP contribution in [0.15, 0.2) is 48.5 Å². The van der Waals surface area contributed by atoms with Gasteiger partial charge in [0.25, 0.3) is 0 Å². The Kier molecular flexibility index (Phi) is 7.53. The number of benzene rings is 2. The van der Waals surface area contributed by atoms with Crippen molar-refractivity contribution in [3.8, 4) is 11.5 Å². The molecule has 0 radical (unpaired) electrons. The van der Waals surface area contributed by atoms with Gasteiger partial charge in [0.05, 0.1) is 25.6 Å². The van der Waals surface area contributed by atoms with Gasteiger partial charge in [-0.25, -0.2) is 8.42 Å². The van der Waals surface area contributed by atoms with E-state index in [1.165, 1.54) is 20.1 Å². The molecule has 9 heteroatoms. The van der Waals surface area contributed by atoms with Crippen molar-refractivity contribution in [1.82, 2.24) is 5.32 Å². The molecule has 2 rings (SSSR count). The van der Waals surface area contributed by atoms with Gasteiger partial charge in [-0.1, -0.05) is 29.8 Å². The third kappa shape index (κ3) is 5.77. The first kappa shape index (κ1) is 21.8. The molecule has 0 aliphatic rings. The molecule has 1 N–H and O–H groups in total. The van der Waals surface area contributed by atoms with E-state index >= 15 is 0 Å². The van der Waals surface area contributed by atoms with E-state index in [1.54, 1.807) is 24.3 Å². The molecule has 7 nitrogen and oxygen atoms in total. The number of rotatable bonds is 9. The normalized spacial score (nSPS) is 12.1. The molecule has 1 atom stereocenters. The number of amides is 1. The van der Waals surface area contributed by atoms with E-state index in [4.69, 9.17) is 21.1 Å². The summed E-state index contributed by atoms with van der Waals surface area (Å²) in [5.74, 6) is 0.511. The van der Waals surface area contributed by atoms with E-state index in [1.807, 2.05) is 18.2 Å². The van der Waals surface area contributed by atoms with Crippen molar-refractivity contribution in [3.05, 3.63) is 53.6 Å². The summed E-state index contributed by atoms with van der Waals surface area (Å²) in [6, 6.07) is 12.7. The van der Waals surface area contributed by atoms with Crippen molar-refractivity contribution in [2.45, 2.75) is 13.0 Å². The number of hydrogen-bond acceptors (Lipinski definition) is 5. The van der Waals surface area contributed by atoms with Crippen LogP contribution in [0.1, 0.15) is 6.92 Å². The fourth-order valence-corrected chi connectivity index (χ4v) is 3.96. The molecule has 0 saturated heterocycles.